The molecule has 0 aliphatic rings. The Labute approximate surface area is 176 Å². The van der Waals surface area contributed by atoms with E-state index in [-0.39, 0.29) is 11.6 Å². The summed E-state index contributed by atoms with van der Waals surface area (Å²) < 4.78 is 37.3. The lowest BCUT2D eigenvalue weighted by molar-refractivity contribution is 0.614. The van der Waals surface area contributed by atoms with Gasteiger partial charge in [0.25, 0.3) is 0 Å². The summed E-state index contributed by atoms with van der Waals surface area (Å²) in [7, 11) is -2.46. The fourth-order valence-corrected chi connectivity index (χ4v) is 3.90. The Morgan fingerprint density at radius 2 is 1.47 bits per heavy atom. The first-order valence-corrected chi connectivity index (χ1v) is 11.0. The molecule has 6 heteroatoms. The number of halogens is 1. The standard InChI is InChI=1S/C24H21FN2O2S/c25-22-12-10-20(11-13-22)23-16-27(15-14-18-4-2-1-3-5-18)26-24(23)21-8-6-19(7-9-21)17-30(28)29/h1-13,16,30H,14-15,17H2. The third-order valence-corrected chi connectivity index (χ3v) is 5.55. The molecule has 1 aromatic heterocycles. The quantitative estimate of drug-likeness (QED) is 0.441. The molecule has 4 rings (SSSR count). The van der Waals surface area contributed by atoms with Crippen LogP contribution in [0.15, 0.2) is 85.1 Å². The number of hydrogen-bond donors (Lipinski definition) is 1. The highest BCUT2D eigenvalue weighted by molar-refractivity contribution is 7.71. The second-order valence-electron chi connectivity index (χ2n) is 7.08. The van der Waals surface area contributed by atoms with E-state index in [2.05, 4.69) is 12.1 Å². The molecule has 30 heavy (non-hydrogen) atoms. The fraction of sp³-hybridized carbons (Fsp3) is 0.125. The second kappa shape index (κ2) is 9.05. The number of thiol groups is 1. The molecule has 0 aliphatic heterocycles. The molecule has 0 radical (unpaired) electrons. The summed E-state index contributed by atoms with van der Waals surface area (Å²) in [5.41, 5.74) is 5.43. The molecule has 0 atom stereocenters. The van der Waals surface area contributed by atoms with E-state index < -0.39 is 10.7 Å². The van der Waals surface area contributed by atoms with Crippen LogP contribution in [0.25, 0.3) is 22.4 Å². The SMILES string of the molecule is O=[SH](=O)Cc1ccc(-c2nn(CCc3ccccc3)cc2-c2ccc(F)cc2)cc1. The number of benzene rings is 3. The maximum atomic E-state index is 13.4. The summed E-state index contributed by atoms with van der Waals surface area (Å²) in [6, 6.07) is 23.9. The van der Waals surface area contributed by atoms with E-state index in [0.29, 0.717) is 6.54 Å². The summed E-state index contributed by atoms with van der Waals surface area (Å²) in [6.07, 6.45) is 2.83. The number of rotatable bonds is 7. The molecule has 0 aliphatic carbocycles. The van der Waals surface area contributed by atoms with Gasteiger partial charge in [-0.1, -0.05) is 66.7 Å². The van der Waals surface area contributed by atoms with Crippen molar-refractivity contribution in [1.29, 1.82) is 0 Å². The topological polar surface area (TPSA) is 52.0 Å². The molecule has 0 saturated carbocycles. The van der Waals surface area contributed by atoms with E-state index in [1.165, 1.54) is 17.7 Å². The zero-order valence-electron chi connectivity index (χ0n) is 16.2. The molecule has 4 nitrogen and oxygen atoms in total. The van der Waals surface area contributed by atoms with Crippen LogP contribution in [0.3, 0.4) is 0 Å². The lowest BCUT2D eigenvalue weighted by Gasteiger charge is -2.04. The average Bonchev–Trinajstić information content (AvgIpc) is 3.18. The molecule has 0 amide bonds. The Balaban J connectivity index is 1.68. The maximum Gasteiger partial charge on any atom is 0.144 e. The van der Waals surface area contributed by atoms with Crippen LogP contribution in [-0.4, -0.2) is 18.2 Å². The molecule has 3 aromatic carbocycles. The predicted octanol–water partition coefficient (Wildman–Crippen LogP) is 4.71. The number of aromatic nitrogens is 2. The van der Waals surface area contributed by atoms with Crippen molar-refractivity contribution in [2.75, 3.05) is 0 Å². The van der Waals surface area contributed by atoms with Crippen molar-refractivity contribution in [3.63, 3.8) is 0 Å². The first kappa shape index (κ1) is 20.0. The molecule has 0 fully saturated rings. The highest BCUT2D eigenvalue weighted by Crippen LogP contribution is 2.31. The van der Waals surface area contributed by atoms with Gasteiger partial charge in [0.2, 0.25) is 0 Å². The van der Waals surface area contributed by atoms with Crippen LogP contribution in [0, 0.1) is 5.82 Å². The van der Waals surface area contributed by atoms with Crippen molar-refractivity contribution in [3.05, 3.63) is 102 Å². The number of hydrogen-bond acceptors (Lipinski definition) is 3. The van der Waals surface area contributed by atoms with Crippen LogP contribution in [-0.2, 0) is 29.4 Å². The van der Waals surface area contributed by atoms with Gasteiger partial charge in [-0.25, -0.2) is 12.8 Å². The van der Waals surface area contributed by atoms with Gasteiger partial charge >= 0.3 is 0 Å². The van der Waals surface area contributed by atoms with E-state index in [1.54, 1.807) is 24.3 Å². The molecule has 4 aromatic rings. The van der Waals surface area contributed by atoms with Gasteiger partial charge in [0.15, 0.2) is 0 Å². The molecule has 0 spiro atoms. The van der Waals surface area contributed by atoms with Gasteiger partial charge in [0.05, 0.1) is 5.75 Å². The van der Waals surface area contributed by atoms with Gasteiger partial charge < -0.3 is 0 Å². The summed E-state index contributed by atoms with van der Waals surface area (Å²) in [5.74, 6) is -0.265. The average molecular weight is 421 g/mol. The molecule has 0 saturated heterocycles. The molecule has 1 heterocycles. The third-order valence-electron chi connectivity index (χ3n) is 4.93. The minimum absolute atomic E-state index is 0.0198. The van der Waals surface area contributed by atoms with E-state index in [4.69, 9.17) is 5.10 Å². The fourth-order valence-electron chi connectivity index (χ4n) is 3.40. The highest BCUT2D eigenvalue weighted by atomic mass is 32.2. The van der Waals surface area contributed by atoms with Gasteiger partial charge in [0, 0.05) is 23.9 Å². The Morgan fingerprint density at radius 3 is 2.13 bits per heavy atom. The molecular weight excluding hydrogens is 399 g/mol. The van der Waals surface area contributed by atoms with Crippen molar-refractivity contribution in [2.24, 2.45) is 0 Å². The zero-order chi connectivity index (χ0) is 20.9. The van der Waals surface area contributed by atoms with Gasteiger partial charge in [0.1, 0.15) is 22.2 Å². The van der Waals surface area contributed by atoms with Gasteiger partial charge in [-0.05, 0) is 35.2 Å². The largest absolute Gasteiger partial charge is 0.271 e. The summed E-state index contributed by atoms with van der Waals surface area (Å²) in [5, 5.41) is 4.79. The van der Waals surface area contributed by atoms with Crippen LogP contribution in [0.4, 0.5) is 4.39 Å². The van der Waals surface area contributed by atoms with E-state index in [9.17, 15) is 12.8 Å². The third kappa shape index (κ3) is 4.83. The molecule has 0 bridgehead atoms. The van der Waals surface area contributed by atoms with Crippen molar-refractivity contribution in [2.45, 2.75) is 18.7 Å². The van der Waals surface area contributed by atoms with Crippen LogP contribution in [0.1, 0.15) is 11.1 Å². The van der Waals surface area contributed by atoms with E-state index >= 15 is 0 Å². The van der Waals surface area contributed by atoms with Gasteiger partial charge in [-0.15, -0.1) is 0 Å². The first-order valence-electron chi connectivity index (χ1n) is 9.67. The monoisotopic (exact) mass is 420 g/mol. The Hall–Kier alpha value is -3.25. The summed E-state index contributed by atoms with van der Waals surface area (Å²) in [6.45, 7) is 0.715. The van der Waals surface area contributed by atoms with Crippen molar-refractivity contribution in [3.8, 4) is 22.4 Å². The van der Waals surface area contributed by atoms with Crippen LogP contribution in [0.5, 0.6) is 0 Å². The molecule has 0 unspecified atom stereocenters. The minimum atomic E-state index is -2.46. The van der Waals surface area contributed by atoms with Crippen molar-refractivity contribution >= 4 is 10.7 Å². The van der Waals surface area contributed by atoms with Crippen molar-refractivity contribution < 1.29 is 12.8 Å². The predicted molar refractivity (Wildman–Crippen MR) is 117 cm³/mol. The number of aryl methyl sites for hydroxylation is 2. The molecule has 0 N–H and O–H groups in total. The smallest absolute Gasteiger partial charge is 0.144 e. The van der Waals surface area contributed by atoms with E-state index in [1.807, 2.05) is 41.2 Å². The van der Waals surface area contributed by atoms with Gasteiger partial charge in [-0.2, -0.15) is 5.10 Å². The van der Waals surface area contributed by atoms with Crippen LogP contribution < -0.4 is 0 Å². The normalized spacial score (nSPS) is 11.1. The second-order valence-corrected chi connectivity index (χ2v) is 8.07. The Morgan fingerprint density at radius 1 is 0.800 bits per heavy atom. The highest BCUT2D eigenvalue weighted by Gasteiger charge is 2.14. The van der Waals surface area contributed by atoms with Crippen molar-refractivity contribution in [1.82, 2.24) is 9.78 Å². The Bertz CT molecular complexity index is 1190. The maximum absolute atomic E-state index is 13.4. The number of nitrogens with zero attached hydrogens (tertiary/aromatic N) is 2. The lowest BCUT2D eigenvalue weighted by Crippen LogP contribution is -2.02. The zero-order valence-corrected chi connectivity index (χ0v) is 17.1. The lowest BCUT2D eigenvalue weighted by atomic mass is 10.0. The first-order chi connectivity index (χ1) is 14.6. The molecular formula is C24H21FN2O2S. The van der Waals surface area contributed by atoms with Crippen LogP contribution >= 0.6 is 0 Å². The minimum Gasteiger partial charge on any atom is -0.271 e. The summed E-state index contributed by atoms with van der Waals surface area (Å²) >= 11 is 0. The molecule has 152 valence electrons. The summed E-state index contributed by atoms with van der Waals surface area (Å²) in [4.78, 5) is 0. The van der Waals surface area contributed by atoms with Gasteiger partial charge in [-0.3, -0.25) is 4.68 Å². The Kier molecular flexibility index (Phi) is 6.05. The van der Waals surface area contributed by atoms with E-state index in [0.717, 1.165) is 34.4 Å². The van der Waals surface area contributed by atoms with Crippen LogP contribution in [0.2, 0.25) is 0 Å².